The predicted octanol–water partition coefficient (Wildman–Crippen LogP) is 1.72. The zero-order valence-electron chi connectivity index (χ0n) is 17.4. The Hall–Kier alpha value is -3.51. The molecule has 2 aliphatic rings. The van der Waals surface area contributed by atoms with Crippen molar-refractivity contribution in [3.05, 3.63) is 30.6 Å². The summed E-state index contributed by atoms with van der Waals surface area (Å²) < 4.78 is 65.2. The fourth-order valence-corrected chi connectivity index (χ4v) is 4.97. The summed E-state index contributed by atoms with van der Waals surface area (Å²) in [5.41, 5.74) is -5.14. The monoisotopic (exact) mass is 494 g/mol. The summed E-state index contributed by atoms with van der Waals surface area (Å²) in [5.74, 6) is -0.0272. The molecule has 1 N–H and O–H groups in total. The first-order valence-electron chi connectivity index (χ1n) is 10.2. The molecular weight excluding hydrogens is 477 g/mol. The van der Waals surface area contributed by atoms with Crippen LogP contribution in [0.15, 0.2) is 30.6 Å². The first kappa shape index (κ1) is 22.3. The minimum atomic E-state index is -5.49. The first-order chi connectivity index (χ1) is 16.0. The molecule has 1 amide bonds. The number of nitrogens with one attached hydrogen (secondary N) is 1. The number of nitrogens with zero attached hydrogens (tertiary/aromatic N) is 7. The van der Waals surface area contributed by atoms with Crippen molar-refractivity contribution < 1.29 is 26.4 Å². The number of carbonyl (C=O) groups is 1. The van der Waals surface area contributed by atoms with Crippen LogP contribution in [0.25, 0.3) is 16.9 Å². The summed E-state index contributed by atoms with van der Waals surface area (Å²) in [4.78, 5) is 16.3. The summed E-state index contributed by atoms with van der Waals surface area (Å²) in [6.45, 7) is -1.07. The number of carbonyl (C=O) groups excluding carboxylic acids is 1. The number of sulfonamides is 1. The van der Waals surface area contributed by atoms with Crippen LogP contribution in [-0.2, 0) is 20.4 Å². The molecule has 5 rings (SSSR count). The molecule has 15 heteroatoms. The summed E-state index contributed by atoms with van der Waals surface area (Å²) in [6, 6.07) is 7.03. The molecule has 1 saturated carbocycles. The molecule has 0 radical (unpaired) electrons. The number of nitriles is 1. The van der Waals surface area contributed by atoms with Gasteiger partial charge in [0.2, 0.25) is 11.9 Å². The fourth-order valence-electron chi connectivity index (χ4n) is 3.86. The van der Waals surface area contributed by atoms with Gasteiger partial charge in [-0.15, -0.1) is 5.10 Å². The quantitative estimate of drug-likeness (QED) is 0.551. The minimum absolute atomic E-state index is 0.0242. The molecule has 0 bridgehead atoms. The Labute approximate surface area is 190 Å². The van der Waals surface area contributed by atoms with Crippen molar-refractivity contribution in [3.8, 4) is 17.3 Å². The van der Waals surface area contributed by atoms with Crippen LogP contribution in [0.3, 0.4) is 0 Å². The molecule has 3 aromatic rings. The third-order valence-electron chi connectivity index (χ3n) is 5.89. The number of anilines is 1. The molecule has 34 heavy (non-hydrogen) atoms. The smallest absolute Gasteiger partial charge is 0.293 e. The Morgan fingerprint density at radius 3 is 2.68 bits per heavy atom. The molecule has 1 aliphatic heterocycles. The lowest BCUT2D eigenvalue weighted by atomic mass is 9.89. The number of hydrogen-bond donors (Lipinski definition) is 1. The van der Waals surface area contributed by atoms with Gasteiger partial charge in [-0.05, 0) is 25.0 Å². The molecular formula is C19H17F3N8O3S. The summed E-state index contributed by atoms with van der Waals surface area (Å²) >= 11 is 0. The van der Waals surface area contributed by atoms with E-state index in [1.165, 1.54) is 21.6 Å². The number of alkyl halides is 3. The van der Waals surface area contributed by atoms with Gasteiger partial charge in [-0.3, -0.25) is 14.8 Å². The van der Waals surface area contributed by atoms with E-state index in [1.54, 1.807) is 18.2 Å². The third-order valence-corrected chi connectivity index (χ3v) is 7.41. The number of pyridine rings is 1. The number of aromatic nitrogens is 5. The minimum Gasteiger partial charge on any atom is -0.293 e. The van der Waals surface area contributed by atoms with Crippen LogP contribution in [0, 0.1) is 17.2 Å². The van der Waals surface area contributed by atoms with E-state index in [0.29, 0.717) is 21.2 Å². The second-order valence-electron chi connectivity index (χ2n) is 8.33. The van der Waals surface area contributed by atoms with Gasteiger partial charge in [0.1, 0.15) is 5.54 Å². The standard InChI is InChI=1S/C19H17F3N8O3S/c20-19(21,22)34(32,33)28-10-18(11-28,6-7-23)29-9-13(8-24-29)14-2-1-3-15-25-17(27-30(14)15)26-16(31)12-4-5-12/h1-3,8-9,12H,4-6,10-11H2,(H,26,27,31). The highest BCUT2D eigenvalue weighted by Crippen LogP contribution is 2.39. The van der Waals surface area contributed by atoms with Crippen molar-refractivity contribution in [1.82, 2.24) is 28.7 Å². The summed E-state index contributed by atoms with van der Waals surface area (Å²) in [5, 5.41) is 20.4. The molecule has 178 valence electrons. The van der Waals surface area contributed by atoms with Crippen molar-refractivity contribution in [2.75, 3.05) is 18.4 Å². The Morgan fingerprint density at radius 2 is 2.03 bits per heavy atom. The Kier molecular flexibility index (Phi) is 4.92. The number of halogens is 3. The topological polar surface area (TPSA) is 138 Å². The van der Waals surface area contributed by atoms with E-state index in [-0.39, 0.29) is 24.2 Å². The van der Waals surface area contributed by atoms with E-state index in [2.05, 4.69) is 20.5 Å². The van der Waals surface area contributed by atoms with Crippen LogP contribution in [0.5, 0.6) is 0 Å². The van der Waals surface area contributed by atoms with Crippen LogP contribution < -0.4 is 5.32 Å². The van der Waals surface area contributed by atoms with Crippen molar-refractivity contribution in [2.45, 2.75) is 30.3 Å². The Morgan fingerprint density at radius 1 is 1.29 bits per heavy atom. The number of amides is 1. The molecule has 0 spiro atoms. The number of rotatable bonds is 6. The van der Waals surface area contributed by atoms with Crippen LogP contribution in [-0.4, -0.2) is 61.6 Å². The molecule has 0 atom stereocenters. The lowest BCUT2D eigenvalue weighted by Crippen LogP contribution is -2.65. The predicted molar refractivity (Wildman–Crippen MR) is 110 cm³/mol. The highest BCUT2D eigenvalue weighted by molar-refractivity contribution is 7.90. The van der Waals surface area contributed by atoms with Gasteiger partial charge < -0.3 is 0 Å². The van der Waals surface area contributed by atoms with Gasteiger partial charge in [0.15, 0.2) is 5.65 Å². The second-order valence-corrected chi connectivity index (χ2v) is 10.3. The van der Waals surface area contributed by atoms with Gasteiger partial charge in [0.25, 0.3) is 0 Å². The van der Waals surface area contributed by atoms with Gasteiger partial charge in [-0.2, -0.15) is 32.8 Å². The SMILES string of the molecule is N#CCC1(n2cc(-c3cccc4nc(NC(=O)C5CC5)nn34)cn2)CN(S(=O)(=O)C(F)(F)F)C1. The van der Waals surface area contributed by atoms with Crippen LogP contribution in [0.1, 0.15) is 19.3 Å². The highest BCUT2D eigenvalue weighted by Gasteiger charge is 2.59. The molecule has 4 heterocycles. The zero-order valence-corrected chi connectivity index (χ0v) is 18.2. The number of hydrogen-bond acceptors (Lipinski definition) is 7. The normalized spacial score (nSPS) is 18.4. The summed E-state index contributed by atoms with van der Waals surface area (Å²) in [6.07, 6.45) is 4.39. The van der Waals surface area contributed by atoms with Crippen molar-refractivity contribution in [2.24, 2.45) is 5.92 Å². The maximum atomic E-state index is 12.9. The average molecular weight is 494 g/mol. The van der Waals surface area contributed by atoms with Crippen LogP contribution >= 0.6 is 0 Å². The van der Waals surface area contributed by atoms with E-state index < -0.39 is 34.2 Å². The van der Waals surface area contributed by atoms with Gasteiger partial charge in [0.05, 0.1) is 24.4 Å². The number of fused-ring (bicyclic) bond motifs is 1. The molecule has 0 unspecified atom stereocenters. The Balaban J connectivity index is 1.43. The van der Waals surface area contributed by atoms with Gasteiger partial charge >= 0.3 is 15.5 Å². The first-order valence-corrected chi connectivity index (χ1v) is 11.6. The van der Waals surface area contributed by atoms with Gasteiger partial charge in [-0.25, -0.2) is 12.9 Å². The van der Waals surface area contributed by atoms with E-state index in [0.717, 1.165) is 12.8 Å². The largest absolute Gasteiger partial charge is 0.511 e. The van der Waals surface area contributed by atoms with Gasteiger partial charge in [0, 0.05) is 30.8 Å². The third kappa shape index (κ3) is 3.59. The zero-order chi connectivity index (χ0) is 24.3. The lowest BCUT2D eigenvalue weighted by Gasteiger charge is -2.47. The van der Waals surface area contributed by atoms with Crippen molar-refractivity contribution in [3.63, 3.8) is 0 Å². The second kappa shape index (κ2) is 7.50. The Bertz CT molecular complexity index is 1430. The van der Waals surface area contributed by atoms with Gasteiger partial charge in [-0.1, -0.05) is 6.07 Å². The molecule has 0 aromatic carbocycles. The summed E-state index contributed by atoms with van der Waals surface area (Å²) in [7, 11) is -5.49. The molecule has 1 aliphatic carbocycles. The highest BCUT2D eigenvalue weighted by atomic mass is 32.2. The molecule has 3 aromatic heterocycles. The fraction of sp³-hybridized carbons (Fsp3) is 0.421. The van der Waals surface area contributed by atoms with Crippen molar-refractivity contribution >= 4 is 27.5 Å². The molecule has 11 nitrogen and oxygen atoms in total. The van der Waals surface area contributed by atoms with E-state index in [9.17, 15) is 31.6 Å². The lowest BCUT2D eigenvalue weighted by molar-refractivity contribution is -0.117. The van der Waals surface area contributed by atoms with E-state index in [1.807, 2.05) is 6.07 Å². The maximum absolute atomic E-state index is 12.9. The maximum Gasteiger partial charge on any atom is 0.511 e. The van der Waals surface area contributed by atoms with Crippen LogP contribution in [0.4, 0.5) is 19.1 Å². The molecule has 2 fully saturated rings. The van der Waals surface area contributed by atoms with E-state index in [4.69, 9.17) is 0 Å². The van der Waals surface area contributed by atoms with E-state index >= 15 is 0 Å². The average Bonchev–Trinajstić information content (AvgIpc) is 3.33. The van der Waals surface area contributed by atoms with Crippen molar-refractivity contribution in [1.29, 1.82) is 5.26 Å². The molecule has 1 saturated heterocycles. The van der Waals surface area contributed by atoms with Crippen LogP contribution in [0.2, 0.25) is 0 Å².